The molecule has 0 unspecified atom stereocenters. The molecular formula is C18H31F. The number of hydrogen-bond donors (Lipinski definition) is 0. The molecule has 2 rings (SSSR count). The van der Waals surface area contributed by atoms with Gasteiger partial charge in [-0.25, -0.2) is 0 Å². The van der Waals surface area contributed by atoms with Gasteiger partial charge in [-0.05, 0) is 82.0 Å². The Hall–Kier alpha value is -0.330. The van der Waals surface area contributed by atoms with Crippen molar-refractivity contribution in [2.45, 2.75) is 71.1 Å². The molecule has 0 nitrogen and oxygen atoms in total. The van der Waals surface area contributed by atoms with Crippen LogP contribution in [-0.2, 0) is 0 Å². The number of rotatable bonds is 5. The standard InChI is InChI=1S/C18H31F/c1-2-4-15-6-10-17(11-7-15)18-12-8-16(9-13-18)5-3-14-19/h2,4,15-18H,3,5-14H2,1H3. The summed E-state index contributed by atoms with van der Waals surface area (Å²) < 4.78 is 12.2. The molecule has 0 spiro atoms. The minimum absolute atomic E-state index is 0.116. The molecule has 2 aliphatic rings. The van der Waals surface area contributed by atoms with Crippen molar-refractivity contribution in [2.75, 3.05) is 6.67 Å². The van der Waals surface area contributed by atoms with E-state index in [1.54, 1.807) is 0 Å². The quantitative estimate of drug-likeness (QED) is 0.541. The Kier molecular flexibility index (Phi) is 6.40. The fourth-order valence-electron chi connectivity index (χ4n) is 4.40. The SMILES string of the molecule is CC=CC1CCC(C2CCC(CCCF)CC2)CC1. The van der Waals surface area contributed by atoms with Crippen LogP contribution in [0.15, 0.2) is 12.2 Å². The highest BCUT2D eigenvalue weighted by Crippen LogP contribution is 2.42. The molecular weight excluding hydrogens is 235 g/mol. The van der Waals surface area contributed by atoms with Crippen LogP contribution < -0.4 is 0 Å². The van der Waals surface area contributed by atoms with Gasteiger partial charge in [0.15, 0.2) is 0 Å². The first-order chi connectivity index (χ1) is 9.33. The lowest BCUT2D eigenvalue weighted by Crippen LogP contribution is -2.25. The van der Waals surface area contributed by atoms with E-state index in [2.05, 4.69) is 19.1 Å². The summed E-state index contributed by atoms with van der Waals surface area (Å²) in [7, 11) is 0. The van der Waals surface area contributed by atoms with E-state index in [0.717, 1.165) is 36.5 Å². The Morgan fingerprint density at radius 3 is 2.00 bits per heavy atom. The monoisotopic (exact) mass is 266 g/mol. The molecule has 0 amide bonds. The van der Waals surface area contributed by atoms with Gasteiger partial charge in [0.05, 0.1) is 6.67 Å². The first kappa shape index (κ1) is 15.1. The van der Waals surface area contributed by atoms with Gasteiger partial charge in [-0.3, -0.25) is 4.39 Å². The van der Waals surface area contributed by atoms with Gasteiger partial charge in [-0.1, -0.05) is 25.0 Å². The Labute approximate surface area is 118 Å². The lowest BCUT2D eigenvalue weighted by Gasteiger charge is -2.37. The molecule has 1 heteroatoms. The molecule has 0 aliphatic heterocycles. The van der Waals surface area contributed by atoms with Gasteiger partial charge >= 0.3 is 0 Å². The molecule has 0 aromatic carbocycles. The molecule has 2 aliphatic carbocycles. The van der Waals surface area contributed by atoms with Crippen LogP contribution in [0.25, 0.3) is 0 Å². The van der Waals surface area contributed by atoms with Gasteiger partial charge in [0.2, 0.25) is 0 Å². The van der Waals surface area contributed by atoms with Gasteiger partial charge < -0.3 is 0 Å². The Morgan fingerprint density at radius 1 is 0.895 bits per heavy atom. The molecule has 0 radical (unpaired) electrons. The van der Waals surface area contributed by atoms with Crippen molar-refractivity contribution in [1.82, 2.24) is 0 Å². The second-order valence-electron chi connectivity index (χ2n) is 6.81. The summed E-state index contributed by atoms with van der Waals surface area (Å²) in [5.41, 5.74) is 0. The smallest absolute Gasteiger partial charge is 0.0894 e. The van der Waals surface area contributed by atoms with E-state index < -0.39 is 0 Å². The topological polar surface area (TPSA) is 0 Å². The maximum absolute atomic E-state index is 12.2. The van der Waals surface area contributed by atoms with E-state index in [1.807, 2.05) is 0 Å². The fourth-order valence-corrected chi connectivity index (χ4v) is 4.40. The molecule has 0 N–H and O–H groups in total. The van der Waals surface area contributed by atoms with E-state index in [4.69, 9.17) is 0 Å². The van der Waals surface area contributed by atoms with Crippen LogP contribution in [0.4, 0.5) is 4.39 Å². The Balaban J connectivity index is 1.68. The van der Waals surface area contributed by atoms with Crippen molar-refractivity contribution in [3.63, 3.8) is 0 Å². The average molecular weight is 266 g/mol. The van der Waals surface area contributed by atoms with E-state index >= 15 is 0 Å². The third kappa shape index (κ3) is 4.61. The minimum atomic E-state index is -0.116. The molecule has 0 aromatic rings. The lowest BCUT2D eigenvalue weighted by atomic mass is 9.69. The number of allylic oxidation sites excluding steroid dienone is 2. The molecule has 0 atom stereocenters. The second-order valence-corrected chi connectivity index (χ2v) is 6.81. The predicted molar refractivity (Wildman–Crippen MR) is 80.9 cm³/mol. The highest BCUT2D eigenvalue weighted by atomic mass is 19.1. The van der Waals surface area contributed by atoms with Gasteiger partial charge in [-0.15, -0.1) is 0 Å². The summed E-state index contributed by atoms with van der Waals surface area (Å²) in [5.74, 6) is 3.70. The molecule has 0 saturated heterocycles. The van der Waals surface area contributed by atoms with Gasteiger partial charge in [0.25, 0.3) is 0 Å². The van der Waals surface area contributed by atoms with Crippen molar-refractivity contribution in [2.24, 2.45) is 23.7 Å². The maximum Gasteiger partial charge on any atom is 0.0894 e. The van der Waals surface area contributed by atoms with E-state index in [9.17, 15) is 4.39 Å². The van der Waals surface area contributed by atoms with Gasteiger partial charge in [0, 0.05) is 0 Å². The summed E-state index contributed by atoms with van der Waals surface area (Å²) >= 11 is 0. The van der Waals surface area contributed by atoms with E-state index in [0.29, 0.717) is 0 Å². The fraction of sp³-hybridized carbons (Fsp3) is 0.889. The van der Waals surface area contributed by atoms with E-state index in [-0.39, 0.29) is 6.67 Å². The number of hydrogen-bond acceptors (Lipinski definition) is 0. The normalized spacial score (nSPS) is 36.7. The van der Waals surface area contributed by atoms with Crippen LogP contribution >= 0.6 is 0 Å². The summed E-state index contributed by atoms with van der Waals surface area (Å²) in [5, 5.41) is 0. The van der Waals surface area contributed by atoms with Gasteiger partial charge in [0.1, 0.15) is 0 Å². The largest absolute Gasteiger partial charge is 0.251 e. The van der Waals surface area contributed by atoms with Crippen molar-refractivity contribution >= 4 is 0 Å². The summed E-state index contributed by atoms with van der Waals surface area (Å²) in [4.78, 5) is 0. The van der Waals surface area contributed by atoms with Crippen LogP contribution in [0.3, 0.4) is 0 Å². The molecule has 19 heavy (non-hydrogen) atoms. The molecule has 0 heterocycles. The number of halogens is 1. The summed E-state index contributed by atoms with van der Waals surface area (Å²) in [6.07, 6.45) is 17.9. The third-order valence-electron chi connectivity index (χ3n) is 5.59. The van der Waals surface area contributed by atoms with Crippen LogP contribution in [0.5, 0.6) is 0 Å². The Bertz CT molecular complexity index is 255. The molecule has 2 fully saturated rings. The van der Waals surface area contributed by atoms with Crippen LogP contribution in [0.2, 0.25) is 0 Å². The first-order valence-corrected chi connectivity index (χ1v) is 8.52. The number of alkyl halides is 1. The molecule has 0 aromatic heterocycles. The zero-order valence-electron chi connectivity index (χ0n) is 12.6. The minimum Gasteiger partial charge on any atom is -0.251 e. The first-order valence-electron chi connectivity index (χ1n) is 8.52. The average Bonchev–Trinajstić information content (AvgIpc) is 2.47. The lowest BCUT2D eigenvalue weighted by molar-refractivity contribution is 0.151. The summed E-state index contributed by atoms with van der Waals surface area (Å²) in [6.45, 7) is 2.03. The van der Waals surface area contributed by atoms with Crippen LogP contribution in [-0.4, -0.2) is 6.67 Å². The van der Waals surface area contributed by atoms with Crippen molar-refractivity contribution in [3.05, 3.63) is 12.2 Å². The van der Waals surface area contributed by atoms with Crippen LogP contribution in [0.1, 0.15) is 71.1 Å². The zero-order valence-corrected chi connectivity index (χ0v) is 12.6. The summed E-state index contributed by atoms with van der Waals surface area (Å²) in [6, 6.07) is 0. The second kappa shape index (κ2) is 8.07. The van der Waals surface area contributed by atoms with Crippen molar-refractivity contribution in [3.8, 4) is 0 Å². The molecule has 110 valence electrons. The van der Waals surface area contributed by atoms with Gasteiger partial charge in [-0.2, -0.15) is 0 Å². The van der Waals surface area contributed by atoms with Crippen molar-refractivity contribution < 1.29 is 4.39 Å². The molecule has 2 saturated carbocycles. The highest BCUT2D eigenvalue weighted by molar-refractivity contribution is 4.90. The van der Waals surface area contributed by atoms with Crippen molar-refractivity contribution in [1.29, 1.82) is 0 Å². The molecule has 0 bridgehead atoms. The van der Waals surface area contributed by atoms with E-state index in [1.165, 1.54) is 51.4 Å². The third-order valence-corrected chi connectivity index (χ3v) is 5.59. The van der Waals surface area contributed by atoms with Crippen LogP contribution in [0, 0.1) is 23.7 Å². The Morgan fingerprint density at radius 2 is 1.47 bits per heavy atom. The highest BCUT2D eigenvalue weighted by Gasteiger charge is 2.29. The predicted octanol–water partition coefficient (Wildman–Crippen LogP) is 5.93. The zero-order chi connectivity index (χ0) is 13.5. The maximum atomic E-state index is 12.2.